The molecule has 0 aliphatic carbocycles. The average molecular weight is 294 g/mol. The zero-order chi connectivity index (χ0) is 13.7. The highest BCUT2D eigenvalue weighted by molar-refractivity contribution is 6.37. The van der Waals surface area contributed by atoms with E-state index >= 15 is 0 Å². The number of nitrogens with zero attached hydrogens (tertiary/aromatic N) is 2. The van der Waals surface area contributed by atoms with E-state index in [4.69, 9.17) is 23.2 Å². The topological polar surface area (TPSA) is 54.9 Å². The predicted molar refractivity (Wildman–Crippen MR) is 76.2 cm³/mol. The Morgan fingerprint density at radius 1 is 1.11 bits per heavy atom. The number of hydrogen-bond acceptors (Lipinski definition) is 3. The first kappa shape index (κ1) is 13.5. The van der Waals surface area contributed by atoms with Gasteiger partial charge in [-0.1, -0.05) is 29.3 Å². The van der Waals surface area contributed by atoms with Gasteiger partial charge in [-0.2, -0.15) is 0 Å². The van der Waals surface area contributed by atoms with Crippen molar-refractivity contribution in [2.24, 2.45) is 0 Å². The molecule has 0 saturated carbocycles. The number of rotatable bonds is 3. The Labute approximate surface area is 120 Å². The van der Waals surface area contributed by atoms with Crippen molar-refractivity contribution < 1.29 is 4.79 Å². The van der Waals surface area contributed by atoms with Gasteiger partial charge < -0.3 is 0 Å². The summed E-state index contributed by atoms with van der Waals surface area (Å²) in [5.74, 6) is -0.121. The van der Waals surface area contributed by atoms with Gasteiger partial charge in [-0.25, -0.2) is 9.97 Å². The summed E-state index contributed by atoms with van der Waals surface area (Å²) in [6, 6.07) is 6.80. The molecule has 0 bridgehead atoms. The van der Waals surface area contributed by atoms with Crippen molar-refractivity contribution in [1.29, 1.82) is 0 Å². The number of nitrogens with one attached hydrogen (secondary N) is 1. The molecule has 1 N–H and O–H groups in total. The number of halogens is 2. The number of carbonyl (C=O) groups excluding carboxylic acids is 1. The molecular formula is C13H9Cl2N3O. The van der Waals surface area contributed by atoms with Gasteiger partial charge in [0.1, 0.15) is 0 Å². The van der Waals surface area contributed by atoms with Gasteiger partial charge in [0.15, 0.2) is 0 Å². The monoisotopic (exact) mass is 293 g/mol. The number of amides is 1. The van der Waals surface area contributed by atoms with Gasteiger partial charge in [0.25, 0.3) is 5.91 Å². The highest BCUT2D eigenvalue weighted by atomic mass is 35.5. The zero-order valence-corrected chi connectivity index (χ0v) is 11.2. The third-order valence-electron chi connectivity index (χ3n) is 2.20. The summed E-state index contributed by atoms with van der Waals surface area (Å²) >= 11 is 12.0. The van der Waals surface area contributed by atoms with E-state index in [0.29, 0.717) is 15.6 Å². The van der Waals surface area contributed by atoms with Crippen LogP contribution in [0, 0.1) is 0 Å². The van der Waals surface area contributed by atoms with E-state index < -0.39 is 0 Å². The summed E-state index contributed by atoms with van der Waals surface area (Å²) in [6.45, 7) is 0. The molecule has 2 aromatic rings. The molecule has 0 fully saturated rings. The first-order chi connectivity index (χ1) is 9.16. The number of benzene rings is 1. The molecule has 0 atom stereocenters. The molecular weight excluding hydrogens is 285 g/mol. The predicted octanol–water partition coefficient (Wildman–Crippen LogP) is 3.44. The van der Waals surface area contributed by atoms with Crippen LogP contribution in [0.2, 0.25) is 10.0 Å². The zero-order valence-electron chi connectivity index (χ0n) is 9.68. The summed E-state index contributed by atoms with van der Waals surface area (Å²) < 4.78 is 0. The quantitative estimate of drug-likeness (QED) is 0.882. The first-order valence-corrected chi connectivity index (χ1v) is 6.12. The van der Waals surface area contributed by atoms with E-state index in [2.05, 4.69) is 15.3 Å². The highest BCUT2D eigenvalue weighted by Crippen LogP contribution is 2.25. The first-order valence-electron chi connectivity index (χ1n) is 5.37. The molecule has 0 aliphatic rings. The lowest BCUT2D eigenvalue weighted by Crippen LogP contribution is -2.10. The smallest absolute Gasteiger partial charge is 0.250 e. The van der Waals surface area contributed by atoms with Crippen LogP contribution in [-0.2, 0) is 4.79 Å². The SMILES string of the molecule is O=C(C=Cc1c(Cl)cccc1Cl)Nc1ncccn1. The van der Waals surface area contributed by atoms with Gasteiger partial charge in [-0.05, 0) is 24.3 Å². The molecule has 1 heterocycles. The standard InChI is InChI=1S/C13H9Cl2N3O/c14-10-3-1-4-11(15)9(10)5-6-12(19)18-13-16-7-2-8-17-13/h1-8H,(H,16,17,18,19). The third kappa shape index (κ3) is 3.77. The molecule has 96 valence electrons. The molecule has 1 aromatic heterocycles. The van der Waals surface area contributed by atoms with Crippen molar-refractivity contribution in [2.45, 2.75) is 0 Å². The fourth-order valence-corrected chi connectivity index (χ4v) is 1.87. The number of carbonyl (C=O) groups is 1. The summed E-state index contributed by atoms with van der Waals surface area (Å²) in [4.78, 5) is 19.4. The van der Waals surface area contributed by atoms with E-state index in [-0.39, 0.29) is 11.9 Å². The van der Waals surface area contributed by atoms with Crippen LogP contribution in [0.25, 0.3) is 6.08 Å². The van der Waals surface area contributed by atoms with Crippen molar-refractivity contribution in [1.82, 2.24) is 9.97 Å². The van der Waals surface area contributed by atoms with Crippen molar-refractivity contribution in [3.63, 3.8) is 0 Å². The fourth-order valence-electron chi connectivity index (χ4n) is 1.34. The van der Waals surface area contributed by atoms with Crippen LogP contribution in [0.4, 0.5) is 5.95 Å². The van der Waals surface area contributed by atoms with Gasteiger partial charge in [0, 0.05) is 34.1 Å². The number of aromatic nitrogens is 2. The molecule has 0 aliphatic heterocycles. The van der Waals surface area contributed by atoms with Crippen LogP contribution in [-0.4, -0.2) is 15.9 Å². The minimum Gasteiger partial charge on any atom is -0.291 e. The highest BCUT2D eigenvalue weighted by Gasteiger charge is 2.03. The lowest BCUT2D eigenvalue weighted by atomic mass is 10.2. The normalized spacial score (nSPS) is 10.6. The van der Waals surface area contributed by atoms with E-state index in [1.54, 1.807) is 30.3 Å². The van der Waals surface area contributed by atoms with Crippen LogP contribution < -0.4 is 5.32 Å². The Hall–Kier alpha value is -1.91. The van der Waals surface area contributed by atoms with Crippen LogP contribution in [0.5, 0.6) is 0 Å². The van der Waals surface area contributed by atoms with Crippen molar-refractivity contribution >= 4 is 41.1 Å². The van der Waals surface area contributed by atoms with Crippen LogP contribution >= 0.6 is 23.2 Å². The van der Waals surface area contributed by atoms with Crippen molar-refractivity contribution in [2.75, 3.05) is 5.32 Å². The maximum absolute atomic E-state index is 11.6. The van der Waals surface area contributed by atoms with Crippen molar-refractivity contribution in [3.05, 3.63) is 58.3 Å². The second kappa shape index (κ2) is 6.31. The van der Waals surface area contributed by atoms with Gasteiger partial charge in [0.2, 0.25) is 5.95 Å². The second-order valence-corrected chi connectivity index (χ2v) is 4.34. The largest absolute Gasteiger partial charge is 0.291 e. The van der Waals surface area contributed by atoms with Gasteiger partial charge in [-0.15, -0.1) is 0 Å². The summed E-state index contributed by atoms with van der Waals surface area (Å²) in [5.41, 5.74) is 0.593. The van der Waals surface area contributed by atoms with Crippen molar-refractivity contribution in [3.8, 4) is 0 Å². The molecule has 2 rings (SSSR count). The molecule has 0 unspecified atom stereocenters. The summed E-state index contributed by atoms with van der Waals surface area (Å²) in [7, 11) is 0. The molecule has 0 saturated heterocycles. The molecule has 1 amide bonds. The van der Waals surface area contributed by atoms with Gasteiger partial charge in [-0.3, -0.25) is 10.1 Å². The molecule has 4 nitrogen and oxygen atoms in total. The second-order valence-electron chi connectivity index (χ2n) is 3.53. The summed E-state index contributed by atoms with van der Waals surface area (Å²) in [6.07, 6.45) is 5.95. The van der Waals surface area contributed by atoms with E-state index in [9.17, 15) is 4.79 Å². The maximum Gasteiger partial charge on any atom is 0.250 e. The maximum atomic E-state index is 11.6. The average Bonchev–Trinajstić information content (AvgIpc) is 2.39. The molecule has 0 spiro atoms. The Balaban J connectivity index is 2.09. The molecule has 6 heteroatoms. The Morgan fingerprint density at radius 3 is 2.37 bits per heavy atom. The molecule has 0 radical (unpaired) electrons. The number of hydrogen-bond donors (Lipinski definition) is 1. The van der Waals surface area contributed by atoms with Gasteiger partial charge in [0.05, 0.1) is 0 Å². The lowest BCUT2D eigenvalue weighted by Gasteiger charge is -2.01. The Morgan fingerprint density at radius 2 is 1.74 bits per heavy atom. The van der Waals surface area contributed by atoms with Crippen LogP contribution in [0.3, 0.4) is 0 Å². The molecule has 19 heavy (non-hydrogen) atoms. The van der Waals surface area contributed by atoms with E-state index in [1.807, 2.05) is 0 Å². The summed E-state index contributed by atoms with van der Waals surface area (Å²) in [5, 5.41) is 3.48. The Kier molecular flexibility index (Phi) is 4.49. The minimum atomic E-state index is -0.359. The third-order valence-corrected chi connectivity index (χ3v) is 2.86. The minimum absolute atomic E-state index is 0.238. The molecule has 1 aromatic carbocycles. The van der Waals surface area contributed by atoms with Gasteiger partial charge >= 0.3 is 0 Å². The van der Waals surface area contributed by atoms with Crippen LogP contribution in [0.15, 0.2) is 42.7 Å². The van der Waals surface area contributed by atoms with Crippen LogP contribution in [0.1, 0.15) is 5.56 Å². The van der Waals surface area contributed by atoms with E-state index in [0.717, 1.165) is 0 Å². The lowest BCUT2D eigenvalue weighted by molar-refractivity contribution is -0.111. The Bertz CT molecular complexity index is 594. The fraction of sp³-hybridized carbons (Fsp3) is 0. The number of anilines is 1. The van der Waals surface area contributed by atoms with E-state index in [1.165, 1.54) is 18.5 Å².